The van der Waals surface area contributed by atoms with Crippen molar-refractivity contribution in [2.24, 2.45) is 5.92 Å². The molecular weight excluding hydrogens is 290 g/mol. The number of nitrogens with zero attached hydrogens (tertiary/aromatic N) is 3. The van der Waals surface area contributed by atoms with Gasteiger partial charge in [-0.15, -0.1) is 0 Å². The molecule has 0 saturated carbocycles. The monoisotopic (exact) mass is 315 g/mol. The van der Waals surface area contributed by atoms with Crippen molar-refractivity contribution in [3.8, 4) is 11.4 Å². The molecule has 124 valence electrons. The largest absolute Gasteiger partial charge is 0.370 e. The lowest BCUT2D eigenvalue weighted by Gasteiger charge is -2.17. The number of hydrogen-bond donors (Lipinski definition) is 2. The molecule has 0 aliphatic heterocycles. The van der Waals surface area contributed by atoms with Crippen LogP contribution in [0.15, 0.2) is 23.1 Å². The van der Waals surface area contributed by atoms with E-state index in [2.05, 4.69) is 46.2 Å². The Balaban J connectivity index is 2.06. The van der Waals surface area contributed by atoms with E-state index < -0.39 is 0 Å². The number of aryl methyl sites for hydroxylation is 1. The van der Waals surface area contributed by atoms with Crippen molar-refractivity contribution >= 4 is 5.82 Å². The Hall–Kier alpha value is -2.21. The van der Waals surface area contributed by atoms with E-state index in [0.717, 1.165) is 30.2 Å². The van der Waals surface area contributed by atoms with Gasteiger partial charge in [-0.25, -0.2) is 9.97 Å². The first kappa shape index (κ1) is 17.1. The third-order valence-electron chi connectivity index (χ3n) is 3.74. The molecule has 0 amide bonds. The van der Waals surface area contributed by atoms with Crippen molar-refractivity contribution in [3.63, 3.8) is 0 Å². The second-order valence-electron chi connectivity index (χ2n) is 6.31. The molecule has 6 nitrogen and oxygen atoms in total. The molecular formula is C17H25N5O. The zero-order chi connectivity index (χ0) is 17.0. The zero-order valence-electron chi connectivity index (χ0n) is 14.5. The molecule has 2 aromatic heterocycles. The van der Waals surface area contributed by atoms with Crippen LogP contribution >= 0.6 is 0 Å². The Labute approximate surface area is 137 Å². The average molecular weight is 315 g/mol. The molecule has 0 aliphatic carbocycles. The van der Waals surface area contributed by atoms with Crippen LogP contribution in [0.3, 0.4) is 0 Å². The molecule has 2 heterocycles. The molecule has 1 atom stereocenters. The lowest BCUT2D eigenvalue weighted by Crippen LogP contribution is -2.25. The molecule has 23 heavy (non-hydrogen) atoms. The number of hydrogen-bond acceptors (Lipinski definition) is 5. The van der Waals surface area contributed by atoms with Gasteiger partial charge in [-0.3, -0.25) is 4.79 Å². The van der Waals surface area contributed by atoms with Crippen LogP contribution in [0.2, 0.25) is 0 Å². The van der Waals surface area contributed by atoms with E-state index in [9.17, 15) is 4.79 Å². The molecule has 6 heteroatoms. The molecule has 2 rings (SSSR count). The average Bonchev–Trinajstić information content (AvgIpc) is 2.50. The van der Waals surface area contributed by atoms with Gasteiger partial charge in [0, 0.05) is 36.1 Å². The van der Waals surface area contributed by atoms with Gasteiger partial charge in [0.25, 0.3) is 5.56 Å². The van der Waals surface area contributed by atoms with Gasteiger partial charge in [-0.05, 0) is 46.0 Å². The maximum atomic E-state index is 11.8. The van der Waals surface area contributed by atoms with Gasteiger partial charge in [0.1, 0.15) is 11.6 Å². The van der Waals surface area contributed by atoms with Crippen LogP contribution in [-0.4, -0.2) is 47.0 Å². The Morgan fingerprint density at radius 3 is 2.61 bits per heavy atom. The lowest BCUT2D eigenvalue weighted by molar-refractivity contribution is 0.347. The molecule has 0 spiro atoms. The third-order valence-corrected chi connectivity index (χ3v) is 3.74. The predicted molar refractivity (Wildman–Crippen MR) is 93.8 cm³/mol. The van der Waals surface area contributed by atoms with E-state index in [4.69, 9.17) is 0 Å². The summed E-state index contributed by atoms with van der Waals surface area (Å²) in [6, 6.07) is 3.83. The fraction of sp³-hybridized carbons (Fsp3) is 0.471. The first-order valence-electron chi connectivity index (χ1n) is 7.79. The second kappa shape index (κ2) is 7.37. The third kappa shape index (κ3) is 4.63. The molecule has 0 aliphatic rings. The van der Waals surface area contributed by atoms with Gasteiger partial charge in [-0.1, -0.05) is 6.92 Å². The van der Waals surface area contributed by atoms with Crippen molar-refractivity contribution in [1.82, 2.24) is 19.9 Å². The van der Waals surface area contributed by atoms with E-state index in [1.54, 1.807) is 13.1 Å². The summed E-state index contributed by atoms with van der Waals surface area (Å²) in [6.07, 6.45) is 1.73. The van der Waals surface area contributed by atoms with Gasteiger partial charge in [0.05, 0.1) is 0 Å². The molecule has 0 bridgehead atoms. The first-order valence-corrected chi connectivity index (χ1v) is 7.79. The van der Waals surface area contributed by atoms with Crippen LogP contribution in [0.5, 0.6) is 0 Å². The summed E-state index contributed by atoms with van der Waals surface area (Å²) in [5, 5.41) is 3.33. The number of aromatic amines is 1. The van der Waals surface area contributed by atoms with Gasteiger partial charge in [0.15, 0.2) is 0 Å². The molecule has 0 saturated heterocycles. The second-order valence-corrected chi connectivity index (χ2v) is 6.31. The SMILES string of the molecule is Cc1nc(-c2ccc(NCC(C)CN(C)C)nc2)[nH]c(=O)c1C. The number of nitrogens with one attached hydrogen (secondary N) is 2. The smallest absolute Gasteiger partial charge is 0.254 e. The van der Waals surface area contributed by atoms with E-state index in [-0.39, 0.29) is 5.56 Å². The summed E-state index contributed by atoms with van der Waals surface area (Å²) in [6.45, 7) is 7.70. The Morgan fingerprint density at radius 2 is 2.04 bits per heavy atom. The van der Waals surface area contributed by atoms with Gasteiger partial charge >= 0.3 is 0 Å². The number of H-pyrrole nitrogens is 1. The Bertz CT molecular complexity index is 706. The van der Waals surface area contributed by atoms with Crippen LogP contribution in [0, 0.1) is 19.8 Å². The molecule has 0 aromatic carbocycles. The molecule has 0 fully saturated rings. The van der Waals surface area contributed by atoms with Crippen molar-refractivity contribution < 1.29 is 0 Å². The highest BCUT2D eigenvalue weighted by molar-refractivity contribution is 5.56. The van der Waals surface area contributed by atoms with Crippen molar-refractivity contribution in [3.05, 3.63) is 39.9 Å². The topological polar surface area (TPSA) is 73.9 Å². The summed E-state index contributed by atoms with van der Waals surface area (Å²) < 4.78 is 0. The highest BCUT2D eigenvalue weighted by Gasteiger charge is 2.07. The van der Waals surface area contributed by atoms with E-state index >= 15 is 0 Å². The van der Waals surface area contributed by atoms with Crippen molar-refractivity contribution in [2.45, 2.75) is 20.8 Å². The summed E-state index contributed by atoms with van der Waals surface area (Å²) in [4.78, 5) is 25.6. The number of pyridine rings is 1. The molecule has 2 aromatic rings. The van der Waals surface area contributed by atoms with E-state index in [1.807, 2.05) is 19.1 Å². The molecule has 1 unspecified atom stereocenters. The minimum Gasteiger partial charge on any atom is -0.370 e. The predicted octanol–water partition coefficient (Wildman–Crippen LogP) is 2.06. The van der Waals surface area contributed by atoms with Gasteiger partial charge < -0.3 is 15.2 Å². The number of rotatable bonds is 6. The van der Waals surface area contributed by atoms with E-state index in [0.29, 0.717) is 17.3 Å². The van der Waals surface area contributed by atoms with Crippen molar-refractivity contribution in [2.75, 3.05) is 32.5 Å². The lowest BCUT2D eigenvalue weighted by atomic mass is 10.1. The van der Waals surface area contributed by atoms with Crippen LogP contribution in [-0.2, 0) is 0 Å². The summed E-state index contributed by atoms with van der Waals surface area (Å²) in [5.74, 6) is 1.91. The fourth-order valence-corrected chi connectivity index (χ4v) is 2.39. The highest BCUT2D eigenvalue weighted by atomic mass is 16.1. The zero-order valence-corrected chi connectivity index (χ0v) is 14.5. The maximum absolute atomic E-state index is 11.8. The fourth-order valence-electron chi connectivity index (χ4n) is 2.39. The van der Waals surface area contributed by atoms with Crippen LogP contribution in [0.25, 0.3) is 11.4 Å². The van der Waals surface area contributed by atoms with Crippen LogP contribution in [0.4, 0.5) is 5.82 Å². The number of anilines is 1. The molecule has 2 N–H and O–H groups in total. The summed E-state index contributed by atoms with van der Waals surface area (Å²) in [7, 11) is 4.14. The Morgan fingerprint density at radius 1 is 1.30 bits per heavy atom. The summed E-state index contributed by atoms with van der Waals surface area (Å²) >= 11 is 0. The maximum Gasteiger partial charge on any atom is 0.254 e. The number of aromatic nitrogens is 3. The highest BCUT2D eigenvalue weighted by Crippen LogP contribution is 2.15. The van der Waals surface area contributed by atoms with Crippen LogP contribution < -0.4 is 10.9 Å². The van der Waals surface area contributed by atoms with E-state index in [1.165, 1.54) is 0 Å². The normalized spacial score (nSPS) is 12.4. The quantitative estimate of drug-likeness (QED) is 0.853. The standard InChI is InChI=1S/C17H25N5O/c1-11(10-22(4)5)8-18-15-7-6-14(9-19-15)16-20-13(3)12(2)17(23)21-16/h6-7,9,11H,8,10H2,1-5H3,(H,18,19)(H,20,21,23). The van der Waals surface area contributed by atoms with Crippen LogP contribution in [0.1, 0.15) is 18.2 Å². The first-order chi connectivity index (χ1) is 10.9. The van der Waals surface area contributed by atoms with Gasteiger partial charge in [0.2, 0.25) is 0 Å². The van der Waals surface area contributed by atoms with Crippen molar-refractivity contribution in [1.29, 1.82) is 0 Å². The minimum atomic E-state index is -0.104. The molecule has 0 radical (unpaired) electrons. The summed E-state index contributed by atoms with van der Waals surface area (Å²) in [5.41, 5.74) is 2.09. The van der Waals surface area contributed by atoms with Gasteiger partial charge in [-0.2, -0.15) is 0 Å². The Kier molecular flexibility index (Phi) is 5.50. The minimum absolute atomic E-state index is 0.104.